The van der Waals surface area contributed by atoms with Crippen LogP contribution in [0.5, 0.6) is 0 Å². The number of esters is 5. The summed E-state index contributed by atoms with van der Waals surface area (Å²) in [7, 11) is 0. The Morgan fingerprint density at radius 1 is 0.879 bits per heavy atom. The van der Waals surface area contributed by atoms with Crippen molar-refractivity contribution in [3.05, 3.63) is 24.8 Å². The van der Waals surface area contributed by atoms with Gasteiger partial charge < -0.3 is 24.1 Å². The van der Waals surface area contributed by atoms with Gasteiger partial charge in [-0.25, -0.2) is 9.59 Å². The molecule has 0 aliphatic rings. The van der Waals surface area contributed by atoms with Crippen LogP contribution in [0.2, 0.25) is 0 Å². The average Bonchev–Trinajstić information content (AvgIpc) is 2.74. The summed E-state index contributed by atoms with van der Waals surface area (Å²) in [5.74, 6) is -6.10. The van der Waals surface area contributed by atoms with E-state index in [9.17, 15) is 28.8 Å². The largest absolute Gasteiger partial charge is 0.481 e. The van der Waals surface area contributed by atoms with Crippen LogP contribution < -0.4 is 0 Å². The zero-order chi connectivity index (χ0) is 25.2. The molecule has 0 amide bonds. The zero-order valence-electron chi connectivity index (χ0n) is 18.7. The Morgan fingerprint density at radius 3 is 2.09 bits per heavy atom. The third-order valence-electron chi connectivity index (χ3n) is 3.99. The summed E-state index contributed by atoms with van der Waals surface area (Å²) in [4.78, 5) is 69.0. The second-order valence-electron chi connectivity index (χ2n) is 6.95. The second kappa shape index (κ2) is 17.1. The number of carboxylic acids is 1. The van der Waals surface area contributed by atoms with Crippen molar-refractivity contribution in [1.29, 1.82) is 0 Å². The Morgan fingerprint density at radius 2 is 1.52 bits per heavy atom. The highest BCUT2D eigenvalue weighted by Crippen LogP contribution is 2.15. The first-order valence-electron chi connectivity index (χ1n) is 10.3. The maximum Gasteiger partial charge on any atom is 0.333 e. The molecule has 0 aromatic heterocycles. The van der Waals surface area contributed by atoms with Crippen molar-refractivity contribution in [3.63, 3.8) is 0 Å². The zero-order valence-corrected chi connectivity index (χ0v) is 18.7. The summed E-state index contributed by atoms with van der Waals surface area (Å²) in [6.07, 6.45) is 0.809. The first kappa shape index (κ1) is 29.5. The molecule has 1 N–H and O–H groups in total. The van der Waals surface area contributed by atoms with E-state index in [-0.39, 0.29) is 51.1 Å². The van der Waals surface area contributed by atoms with Gasteiger partial charge in [-0.1, -0.05) is 13.2 Å². The first-order chi connectivity index (χ1) is 15.6. The van der Waals surface area contributed by atoms with E-state index in [1.165, 1.54) is 6.92 Å². The molecule has 0 bridgehead atoms. The van der Waals surface area contributed by atoms with Crippen LogP contribution in [-0.2, 0) is 47.7 Å². The average molecular weight is 470 g/mol. The number of aliphatic carboxylic acids is 1. The Kier molecular flexibility index (Phi) is 15.3. The Hall–Kier alpha value is -3.50. The molecule has 0 aromatic carbocycles. The van der Waals surface area contributed by atoms with Crippen LogP contribution in [0.4, 0.5) is 0 Å². The normalized spacial score (nSPS) is 10.9. The van der Waals surface area contributed by atoms with Gasteiger partial charge in [0.2, 0.25) is 0 Å². The number of rotatable bonds is 17. The molecule has 0 radical (unpaired) electrons. The Labute approximate surface area is 191 Å². The fourth-order valence-electron chi connectivity index (χ4n) is 2.23. The minimum Gasteiger partial charge on any atom is -0.481 e. The number of hydrogen-bond donors (Lipinski definition) is 1. The van der Waals surface area contributed by atoms with E-state index in [0.717, 1.165) is 6.08 Å². The lowest BCUT2D eigenvalue weighted by Crippen LogP contribution is -2.26. The van der Waals surface area contributed by atoms with Gasteiger partial charge >= 0.3 is 35.8 Å². The number of hydrogen-bond acceptors (Lipinski definition) is 10. The second-order valence-corrected chi connectivity index (χ2v) is 6.95. The van der Waals surface area contributed by atoms with Crippen molar-refractivity contribution >= 4 is 35.8 Å². The molecule has 0 aromatic rings. The molecule has 0 heterocycles. The minimum absolute atomic E-state index is 0.00745. The van der Waals surface area contributed by atoms with Gasteiger partial charge in [0.05, 0.1) is 32.2 Å². The standard InChI is InChI=1S/C22H30O11/c1-4-18(25)30-11-5-6-12-31-20(27)14-16(10-13-32-21(28)15(2)3)22(29)33-19(26)9-7-8-17(23)24/h4,16H,1-2,5-14H2,3H3,(H,23,24). The molecule has 0 aliphatic heterocycles. The molecule has 0 saturated heterocycles. The molecule has 184 valence electrons. The van der Waals surface area contributed by atoms with E-state index < -0.39 is 48.2 Å². The topological polar surface area (TPSA) is 160 Å². The van der Waals surface area contributed by atoms with E-state index in [4.69, 9.17) is 24.1 Å². The van der Waals surface area contributed by atoms with Crippen molar-refractivity contribution in [2.24, 2.45) is 5.92 Å². The lowest BCUT2D eigenvalue weighted by molar-refractivity contribution is -0.166. The van der Waals surface area contributed by atoms with Crippen LogP contribution >= 0.6 is 0 Å². The van der Waals surface area contributed by atoms with Crippen LogP contribution in [-0.4, -0.2) is 60.7 Å². The van der Waals surface area contributed by atoms with E-state index in [1.54, 1.807) is 0 Å². The fourth-order valence-corrected chi connectivity index (χ4v) is 2.23. The van der Waals surface area contributed by atoms with E-state index in [2.05, 4.69) is 13.2 Å². The molecule has 33 heavy (non-hydrogen) atoms. The van der Waals surface area contributed by atoms with Crippen molar-refractivity contribution in [3.8, 4) is 0 Å². The molecular formula is C22H30O11. The highest BCUT2D eigenvalue weighted by Gasteiger charge is 2.27. The summed E-state index contributed by atoms with van der Waals surface area (Å²) in [5, 5.41) is 8.59. The SMILES string of the molecule is C=CC(=O)OCCCCOC(=O)CC(CCOC(=O)C(=C)C)C(=O)OC(=O)CCCC(=O)O. The third kappa shape index (κ3) is 15.9. The van der Waals surface area contributed by atoms with Crippen molar-refractivity contribution in [1.82, 2.24) is 0 Å². The Bertz CT molecular complexity index is 739. The summed E-state index contributed by atoms with van der Waals surface area (Å²) in [6, 6.07) is 0. The van der Waals surface area contributed by atoms with E-state index in [0.29, 0.717) is 12.8 Å². The lowest BCUT2D eigenvalue weighted by atomic mass is 10.0. The highest BCUT2D eigenvalue weighted by molar-refractivity contribution is 5.89. The van der Waals surface area contributed by atoms with Gasteiger partial charge in [0.15, 0.2) is 0 Å². The van der Waals surface area contributed by atoms with Crippen LogP contribution in [0.15, 0.2) is 24.8 Å². The fraction of sp³-hybridized carbons (Fsp3) is 0.545. The molecule has 0 aliphatic carbocycles. The summed E-state index contributed by atoms with van der Waals surface area (Å²) in [5.41, 5.74) is 0.154. The highest BCUT2D eigenvalue weighted by atomic mass is 16.6. The maximum absolute atomic E-state index is 12.3. The molecule has 1 atom stereocenters. The predicted octanol–water partition coefficient (Wildman–Crippen LogP) is 1.88. The van der Waals surface area contributed by atoms with Crippen LogP contribution in [0.3, 0.4) is 0 Å². The van der Waals surface area contributed by atoms with Crippen LogP contribution in [0.1, 0.15) is 51.9 Å². The number of carbonyl (C=O) groups excluding carboxylic acids is 5. The number of ether oxygens (including phenoxy) is 4. The van der Waals surface area contributed by atoms with Crippen molar-refractivity contribution < 1.29 is 52.8 Å². The molecular weight excluding hydrogens is 440 g/mol. The smallest absolute Gasteiger partial charge is 0.333 e. The van der Waals surface area contributed by atoms with Gasteiger partial charge in [-0.3, -0.25) is 19.2 Å². The van der Waals surface area contributed by atoms with E-state index in [1.807, 2.05) is 0 Å². The van der Waals surface area contributed by atoms with Crippen LogP contribution in [0.25, 0.3) is 0 Å². The predicted molar refractivity (Wildman–Crippen MR) is 112 cm³/mol. The summed E-state index contributed by atoms with van der Waals surface area (Å²) in [6.45, 7) is 8.06. The molecule has 0 fully saturated rings. The minimum atomic E-state index is -1.12. The van der Waals surface area contributed by atoms with E-state index >= 15 is 0 Å². The monoisotopic (exact) mass is 470 g/mol. The van der Waals surface area contributed by atoms with Crippen molar-refractivity contribution in [2.45, 2.75) is 51.9 Å². The Balaban J connectivity index is 4.64. The molecule has 11 nitrogen and oxygen atoms in total. The lowest BCUT2D eigenvalue weighted by Gasteiger charge is -2.15. The quantitative estimate of drug-likeness (QED) is 0.109. The molecule has 0 rings (SSSR count). The molecule has 11 heteroatoms. The molecule has 0 spiro atoms. The third-order valence-corrected chi connectivity index (χ3v) is 3.99. The number of carbonyl (C=O) groups is 6. The molecule has 0 saturated carbocycles. The van der Waals surface area contributed by atoms with Gasteiger partial charge in [0.1, 0.15) is 0 Å². The van der Waals surface area contributed by atoms with Crippen LogP contribution in [0, 0.1) is 5.92 Å². The summed E-state index contributed by atoms with van der Waals surface area (Å²) < 4.78 is 19.4. The number of unbranched alkanes of at least 4 members (excludes halogenated alkanes) is 1. The number of carboxylic acid groups (broad SMARTS) is 1. The van der Waals surface area contributed by atoms with Gasteiger partial charge in [-0.15, -0.1) is 0 Å². The van der Waals surface area contributed by atoms with Crippen molar-refractivity contribution in [2.75, 3.05) is 19.8 Å². The molecule has 1 unspecified atom stereocenters. The van der Waals surface area contributed by atoms with Gasteiger partial charge in [0, 0.05) is 24.5 Å². The van der Waals surface area contributed by atoms with Gasteiger partial charge in [0.25, 0.3) is 0 Å². The van der Waals surface area contributed by atoms with Gasteiger partial charge in [-0.05, 0) is 32.6 Å². The maximum atomic E-state index is 12.3. The van der Waals surface area contributed by atoms with Gasteiger partial charge in [-0.2, -0.15) is 0 Å². The summed E-state index contributed by atoms with van der Waals surface area (Å²) >= 11 is 0. The first-order valence-corrected chi connectivity index (χ1v) is 10.3.